The molecule has 1 unspecified atom stereocenters. The van der Waals surface area contributed by atoms with E-state index in [-0.39, 0.29) is 0 Å². The zero-order valence-corrected chi connectivity index (χ0v) is 11.0. The molecule has 1 atom stereocenters. The van der Waals surface area contributed by atoms with Crippen LogP contribution in [0.3, 0.4) is 0 Å². The summed E-state index contributed by atoms with van der Waals surface area (Å²) < 4.78 is 0. The van der Waals surface area contributed by atoms with Crippen molar-refractivity contribution < 1.29 is 19.2 Å². The van der Waals surface area contributed by atoms with Gasteiger partial charge < -0.3 is 0 Å². The largest absolute Gasteiger partial charge is 0.284 e. The normalized spacial score (nSPS) is 38.6. The standard InChI is InChI=1S/C13H16N2O4/c1-14-9(16)8-7-5-3-4-6-13(7,11(14)18)12(19)15(2)10(8)17/h7-8H,3-6H2,1-2H3. The van der Waals surface area contributed by atoms with Crippen LogP contribution in [0.1, 0.15) is 25.7 Å². The van der Waals surface area contributed by atoms with Gasteiger partial charge in [-0.15, -0.1) is 0 Å². The van der Waals surface area contributed by atoms with E-state index in [2.05, 4.69) is 0 Å². The molecule has 3 rings (SSSR count). The van der Waals surface area contributed by atoms with Crippen molar-refractivity contribution in [2.75, 3.05) is 14.1 Å². The van der Waals surface area contributed by atoms with Gasteiger partial charge in [0.15, 0.2) is 0 Å². The van der Waals surface area contributed by atoms with Crippen molar-refractivity contribution >= 4 is 23.6 Å². The smallest absolute Gasteiger partial charge is 0.244 e. The summed E-state index contributed by atoms with van der Waals surface area (Å²) in [6, 6.07) is 0. The molecule has 2 aliphatic heterocycles. The van der Waals surface area contributed by atoms with Gasteiger partial charge in [-0.2, -0.15) is 0 Å². The molecule has 0 aromatic heterocycles. The van der Waals surface area contributed by atoms with Crippen LogP contribution < -0.4 is 0 Å². The summed E-state index contributed by atoms with van der Waals surface area (Å²) in [5, 5.41) is 0. The maximum absolute atomic E-state index is 12.5. The lowest BCUT2D eigenvalue weighted by Gasteiger charge is -2.54. The van der Waals surface area contributed by atoms with Crippen LogP contribution in [0.2, 0.25) is 0 Å². The highest BCUT2D eigenvalue weighted by atomic mass is 16.2. The van der Waals surface area contributed by atoms with Crippen LogP contribution in [0.4, 0.5) is 0 Å². The molecule has 2 bridgehead atoms. The molecule has 2 heterocycles. The Hall–Kier alpha value is -1.72. The maximum Gasteiger partial charge on any atom is 0.244 e. The third-order valence-corrected chi connectivity index (χ3v) is 4.94. The van der Waals surface area contributed by atoms with Crippen molar-refractivity contribution in [3.63, 3.8) is 0 Å². The van der Waals surface area contributed by atoms with Crippen molar-refractivity contribution in [2.45, 2.75) is 25.7 Å². The first-order valence-corrected chi connectivity index (χ1v) is 6.57. The highest BCUT2D eigenvalue weighted by molar-refractivity contribution is 6.24. The SMILES string of the molecule is CN1C(=O)C2C(=O)N(C)C(=O)C3(CCCCC23)C1=O. The molecule has 6 heteroatoms. The first-order chi connectivity index (χ1) is 8.93. The third-order valence-electron chi connectivity index (χ3n) is 4.94. The molecule has 102 valence electrons. The number of nitrogens with zero attached hydrogens (tertiary/aromatic N) is 2. The van der Waals surface area contributed by atoms with E-state index in [0.29, 0.717) is 12.8 Å². The quantitative estimate of drug-likeness (QED) is 0.447. The van der Waals surface area contributed by atoms with Crippen LogP contribution >= 0.6 is 0 Å². The number of rotatable bonds is 0. The topological polar surface area (TPSA) is 74.8 Å². The van der Waals surface area contributed by atoms with E-state index in [1.807, 2.05) is 0 Å². The lowest BCUT2D eigenvalue weighted by Crippen LogP contribution is -2.72. The summed E-state index contributed by atoms with van der Waals surface area (Å²) in [6.45, 7) is 0. The first-order valence-electron chi connectivity index (χ1n) is 6.57. The number of carbonyl (C=O) groups is 4. The molecule has 19 heavy (non-hydrogen) atoms. The van der Waals surface area contributed by atoms with E-state index < -0.39 is 40.9 Å². The average Bonchev–Trinajstić information content (AvgIpc) is 2.42. The summed E-state index contributed by atoms with van der Waals surface area (Å²) in [6.07, 6.45) is 2.69. The Labute approximate surface area is 110 Å². The average molecular weight is 264 g/mol. The Bertz CT molecular complexity index is 479. The maximum atomic E-state index is 12.5. The number of hydrogen-bond acceptors (Lipinski definition) is 4. The first kappa shape index (κ1) is 12.3. The lowest BCUT2D eigenvalue weighted by atomic mass is 9.55. The van der Waals surface area contributed by atoms with Gasteiger partial charge in [0.2, 0.25) is 23.6 Å². The van der Waals surface area contributed by atoms with Gasteiger partial charge >= 0.3 is 0 Å². The van der Waals surface area contributed by atoms with E-state index in [4.69, 9.17) is 0 Å². The molecule has 4 amide bonds. The zero-order chi connectivity index (χ0) is 13.9. The van der Waals surface area contributed by atoms with Crippen molar-refractivity contribution in [2.24, 2.45) is 17.3 Å². The summed E-state index contributed by atoms with van der Waals surface area (Å²) >= 11 is 0. The predicted molar refractivity (Wildman–Crippen MR) is 63.4 cm³/mol. The minimum atomic E-state index is -1.17. The molecular formula is C13H16N2O4. The van der Waals surface area contributed by atoms with Crippen LogP contribution in [-0.4, -0.2) is 47.5 Å². The molecule has 0 aromatic carbocycles. The van der Waals surface area contributed by atoms with E-state index in [9.17, 15) is 19.2 Å². The second-order valence-corrected chi connectivity index (χ2v) is 5.71. The second-order valence-electron chi connectivity index (χ2n) is 5.71. The summed E-state index contributed by atoms with van der Waals surface area (Å²) in [5.41, 5.74) is -1.17. The molecule has 0 radical (unpaired) electrons. The molecule has 1 aliphatic carbocycles. The number of likely N-dealkylation sites (tertiary alicyclic amines) is 2. The fraction of sp³-hybridized carbons (Fsp3) is 0.692. The van der Waals surface area contributed by atoms with Gasteiger partial charge in [-0.05, 0) is 12.8 Å². The van der Waals surface area contributed by atoms with Crippen LogP contribution in [-0.2, 0) is 19.2 Å². The van der Waals surface area contributed by atoms with Gasteiger partial charge in [-0.3, -0.25) is 29.0 Å². The number of amides is 4. The van der Waals surface area contributed by atoms with E-state index >= 15 is 0 Å². The Balaban J connectivity index is 2.22. The van der Waals surface area contributed by atoms with Crippen LogP contribution in [0.25, 0.3) is 0 Å². The minimum Gasteiger partial charge on any atom is -0.284 e. The molecule has 6 nitrogen and oxygen atoms in total. The number of piperidine rings is 2. The van der Waals surface area contributed by atoms with Gasteiger partial charge in [0, 0.05) is 20.0 Å². The van der Waals surface area contributed by atoms with E-state index in [1.165, 1.54) is 14.1 Å². The van der Waals surface area contributed by atoms with Gasteiger partial charge in [-0.25, -0.2) is 0 Å². The van der Waals surface area contributed by atoms with Crippen LogP contribution in [0.5, 0.6) is 0 Å². The Morgan fingerprint density at radius 3 is 2.00 bits per heavy atom. The fourth-order valence-electron chi connectivity index (χ4n) is 3.94. The highest BCUT2D eigenvalue weighted by Gasteiger charge is 2.68. The number of carbonyl (C=O) groups excluding carboxylic acids is 4. The highest BCUT2D eigenvalue weighted by Crippen LogP contribution is 2.53. The Kier molecular flexibility index (Phi) is 2.37. The third kappa shape index (κ3) is 1.21. The zero-order valence-electron chi connectivity index (χ0n) is 11.0. The predicted octanol–water partition coefficient (Wildman–Crippen LogP) is -0.224. The van der Waals surface area contributed by atoms with Gasteiger partial charge in [0.25, 0.3) is 0 Å². The van der Waals surface area contributed by atoms with Crippen molar-refractivity contribution in [1.82, 2.24) is 9.80 Å². The van der Waals surface area contributed by atoms with Crippen molar-refractivity contribution in [1.29, 1.82) is 0 Å². The van der Waals surface area contributed by atoms with Crippen LogP contribution in [0, 0.1) is 17.3 Å². The monoisotopic (exact) mass is 264 g/mol. The molecule has 0 N–H and O–H groups in total. The van der Waals surface area contributed by atoms with Gasteiger partial charge in [0.1, 0.15) is 11.3 Å². The Morgan fingerprint density at radius 1 is 0.947 bits per heavy atom. The van der Waals surface area contributed by atoms with Gasteiger partial charge in [0.05, 0.1) is 0 Å². The number of imide groups is 2. The van der Waals surface area contributed by atoms with E-state index in [0.717, 1.165) is 22.6 Å². The lowest BCUT2D eigenvalue weighted by molar-refractivity contribution is -0.189. The summed E-state index contributed by atoms with van der Waals surface area (Å²) in [7, 11) is 2.74. The molecule has 3 fully saturated rings. The molecule has 1 saturated carbocycles. The fourth-order valence-corrected chi connectivity index (χ4v) is 3.94. The van der Waals surface area contributed by atoms with Crippen molar-refractivity contribution in [3.05, 3.63) is 0 Å². The molecule has 3 aliphatic rings. The number of hydrogen-bond donors (Lipinski definition) is 0. The molecule has 0 aromatic rings. The minimum absolute atomic E-state index is 0.428. The summed E-state index contributed by atoms with van der Waals surface area (Å²) in [5.74, 6) is -3.07. The summed E-state index contributed by atoms with van der Waals surface area (Å²) in [4.78, 5) is 51.4. The van der Waals surface area contributed by atoms with Crippen molar-refractivity contribution in [3.8, 4) is 0 Å². The Morgan fingerprint density at radius 2 is 1.47 bits per heavy atom. The molecule has 0 spiro atoms. The second kappa shape index (κ2) is 3.65. The van der Waals surface area contributed by atoms with Crippen LogP contribution in [0.15, 0.2) is 0 Å². The molecular weight excluding hydrogens is 248 g/mol. The molecule has 2 saturated heterocycles. The van der Waals surface area contributed by atoms with Gasteiger partial charge in [-0.1, -0.05) is 12.8 Å². The van der Waals surface area contributed by atoms with E-state index in [1.54, 1.807) is 0 Å².